The molecule has 28 heavy (non-hydrogen) atoms. The van der Waals surface area contributed by atoms with Crippen LogP contribution in [-0.4, -0.2) is 43.2 Å². The fourth-order valence-corrected chi connectivity index (χ4v) is 2.84. The number of benzene rings is 1. The van der Waals surface area contributed by atoms with Crippen molar-refractivity contribution < 1.29 is 4.74 Å². The first-order valence-corrected chi connectivity index (χ1v) is 8.72. The molecule has 0 aliphatic heterocycles. The Bertz CT molecular complexity index is 1140. The molecule has 0 unspecified atom stereocenters. The quantitative estimate of drug-likeness (QED) is 0.529. The van der Waals surface area contributed by atoms with Gasteiger partial charge in [0.1, 0.15) is 0 Å². The Balaban J connectivity index is 1.58. The number of fused-ring (bicyclic) bond motifs is 1. The molecule has 0 fully saturated rings. The van der Waals surface area contributed by atoms with E-state index in [1.165, 1.54) is 0 Å². The second kappa shape index (κ2) is 7.85. The number of hydrogen-bond donors (Lipinski definition) is 1. The minimum absolute atomic E-state index is 0.453. The van der Waals surface area contributed by atoms with Crippen molar-refractivity contribution in [3.05, 3.63) is 60.2 Å². The Hall–Kier alpha value is -3.77. The minimum Gasteiger partial charge on any atom is -0.383 e. The number of nitrogens with zero attached hydrogens (tertiary/aromatic N) is 7. The molecule has 1 aromatic carbocycles. The summed E-state index contributed by atoms with van der Waals surface area (Å²) >= 11 is 0. The molecule has 9 heteroatoms. The standard InChI is InChI=1S/C19H18N8O/c1-28-7-6-26-13-17(11-22-26)24-19-21-9-16-10-23-27(18(16)25-19)12-15-5-3-2-4-14(15)8-20/h2-5,9-11,13H,6-7,12H2,1H3,(H,21,24,25). The predicted octanol–water partition coefficient (Wildman–Crippen LogP) is 2.33. The number of nitrogens with one attached hydrogen (secondary N) is 1. The molecule has 0 spiro atoms. The first-order chi connectivity index (χ1) is 13.8. The van der Waals surface area contributed by atoms with Crippen molar-refractivity contribution in [3.63, 3.8) is 0 Å². The number of hydrogen-bond acceptors (Lipinski definition) is 7. The predicted molar refractivity (Wildman–Crippen MR) is 103 cm³/mol. The van der Waals surface area contributed by atoms with Crippen molar-refractivity contribution in [2.75, 3.05) is 19.0 Å². The molecule has 0 radical (unpaired) electrons. The molecule has 4 rings (SSSR count). The molecule has 140 valence electrons. The van der Waals surface area contributed by atoms with Gasteiger partial charge in [0.2, 0.25) is 5.95 Å². The Morgan fingerprint density at radius 1 is 1.18 bits per heavy atom. The van der Waals surface area contributed by atoms with E-state index in [0.717, 1.165) is 16.6 Å². The second-order valence-corrected chi connectivity index (χ2v) is 6.15. The number of nitriles is 1. The number of anilines is 2. The molecule has 0 aliphatic carbocycles. The first-order valence-electron chi connectivity index (χ1n) is 8.72. The van der Waals surface area contributed by atoms with Crippen LogP contribution in [0.3, 0.4) is 0 Å². The van der Waals surface area contributed by atoms with Gasteiger partial charge in [0.05, 0.1) is 54.8 Å². The van der Waals surface area contributed by atoms with Gasteiger partial charge in [-0.05, 0) is 11.6 Å². The molecule has 0 saturated heterocycles. The molecule has 0 bridgehead atoms. The lowest BCUT2D eigenvalue weighted by Crippen LogP contribution is -2.06. The number of methoxy groups -OCH3 is 1. The van der Waals surface area contributed by atoms with Crippen molar-refractivity contribution in [2.45, 2.75) is 13.1 Å². The average molecular weight is 374 g/mol. The van der Waals surface area contributed by atoms with Crippen molar-refractivity contribution in [3.8, 4) is 6.07 Å². The number of rotatable bonds is 7. The maximum Gasteiger partial charge on any atom is 0.229 e. The largest absolute Gasteiger partial charge is 0.383 e. The summed E-state index contributed by atoms with van der Waals surface area (Å²) in [5.74, 6) is 0.453. The smallest absolute Gasteiger partial charge is 0.229 e. The van der Waals surface area contributed by atoms with Crippen LogP contribution in [0.5, 0.6) is 0 Å². The van der Waals surface area contributed by atoms with Gasteiger partial charge in [-0.2, -0.15) is 20.4 Å². The lowest BCUT2D eigenvalue weighted by Gasteiger charge is -2.06. The molecular formula is C19H18N8O. The van der Waals surface area contributed by atoms with Crippen molar-refractivity contribution in [2.24, 2.45) is 0 Å². The Kier molecular flexibility index (Phi) is 4.95. The van der Waals surface area contributed by atoms with Gasteiger partial charge in [-0.3, -0.25) is 4.68 Å². The van der Waals surface area contributed by atoms with Crippen LogP contribution >= 0.6 is 0 Å². The fourth-order valence-electron chi connectivity index (χ4n) is 2.84. The summed E-state index contributed by atoms with van der Waals surface area (Å²) in [6, 6.07) is 9.68. The van der Waals surface area contributed by atoms with Crippen LogP contribution in [0.15, 0.2) is 49.1 Å². The maximum atomic E-state index is 9.29. The van der Waals surface area contributed by atoms with E-state index in [9.17, 15) is 5.26 Å². The van der Waals surface area contributed by atoms with Gasteiger partial charge in [0.15, 0.2) is 5.65 Å². The second-order valence-electron chi connectivity index (χ2n) is 6.15. The van der Waals surface area contributed by atoms with Gasteiger partial charge < -0.3 is 10.1 Å². The summed E-state index contributed by atoms with van der Waals surface area (Å²) in [7, 11) is 1.66. The molecule has 9 nitrogen and oxygen atoms in total. The Morgan fingerprint density at radius 3 is 2.93 bits per heavy atom. The van der Waals surface area contributed by atoms with Gasteiger partial charge in [-0.15, -0.1) is 0 Å². The summed E-state index contributed by atoms with van der Waals surface area (Å²) in [6.07, 6.45) is 7.02. The molecule has 1 N–H and O–H groups in total. The average Bonchev–Trinajstić information content (AvgIpc) is 3.34. The molecule has 0 atom stereocenters. The highest BCUT2D eigenvalue weighted by Crippen LogP contribution is 2.18. The molecule has 0 aliphatic rings. The van der Waals surface area contributed by atoms with Gasteiger partial charge in [-0.25, -0.2) is 9.67 Å². The van der Waals surface area contributed by atoms with Crippen LogP contribution < -0.4 is 5.32 Å². The monoisotopic (exact) mass is 374 g/mol. The van der Waals surface area contributed by atoms with Crippen LogP contribution in [0.2, 0.25) is 0 Å². The molecule has 3 heterocycles. The number of ether oxygens (including phenoxy) is 1. The third-order valence-electron chi connectivity index (χ3n) is 4.25. The van der Waals surface area contributed by atoms with Crippen molar-refractivity contribution in [1.82, 2.24) is 29.5 Å². The van der Waals surface area contributed by atoms with Crippen LogP contribution in [0.4, 0.5) is 11.6 Å². The van der Waals surface area contributed by atoms with E-state index in [1.807, 2.05) is 24.4 Å². The first kappa shape index (κ1) is 17.6. The van der Waals surface area contributed by atoms with Gasteiger partial charge in [-0.1, -0.05) is 18.2 Å². The Morgan fingerprint density at radius 2 is 2.07 bits per heavy atom. The summed E-state index contributed by atoms with van der Waals surface area (Å²) < 4.78 is 8.60. The summed E-state index contributed by atoms with van der Waals surface area (Å²) in [5, 5.41) is 21.9. The maximum absolute atomic E-state index is 9.29. The summed E-state index contributed by atoms with van der Waals surface area (Å²) in [4.78, 5) is 8.93. The minimum atomic E-state index is 0.453. The van der Waals surface area contributed by atoms with Crippen molar-refractivity contribution >= 4 is 22.7 Å². The fraction of sp³-hybridized carbons (Fsp3) is 0.211. The summed E-state index contributed by atoms with van der Waals surface area (Å²) in [5.41, 5.74) is 3.00. The van der Waals surface area contributed by atoms with E-state index in [4.69, 9.17) is 4.74 Å². The van der Waals surface area contributed by atoms with Crippen molar-refractivity contribution in [1.29, 1.82) is 5.26 Å². The molecule has 4 aromatic rings. The summed E-state index contributed by atoms with van der Waals surface area (Å²) in [6.45, 7) is 1.72. The van der Waals surface area contributed by atoms with E-state index in [0.29, 0.717) is 36.9 Å². The van der Waals surface area contributed by atoms with Gasteiger partial charge in [0.25, 0.3) is 0 Å². The SMILES string of the molecule is COCCn1cc(Nc2ncc3cnn(Cc4ccccc4C#N)c3n2)cn1. The van der Waals surface area contributed by atoms with Crippen LogP contribution in [0.1, 0.15) is 11.1 Å². The van der Waals surface area contributed by atoms with E-state index in [2.05, 4.69) is 31.6 Å². The molecule has 0 saturated carbocycles. The van der Waals surface area contributed by atoms with E-state index in [-0.39, 0.29) is 0 Å². The van der Waals surface area contributed by atoms with Crippen LogP contribution in [0, 0.1) is 11.3 Å². The van der Waals surface area contributed by atoms with E-state index >= 15 is 0 Å². The number of aromatic nitrogens is 6. The Labute approximate surface area is 161 Å². The molecule has 3 aromatic heterocycles. The zero-order chi connectivity index (χ0) is 19.3. The highest BCUT2D eigenvalue weighted by Gasteiger charge is 2.10. The van der Waals surface area contributed by atoms with Crippen LogP contribution in [-0.2, 0) is 17.8 Å². The lowest BCUT2D eigenvalue weighted by molar-refractivity contribution is 0.183. The lowest BCUT2D eigenvalue weighted by atomic mass is 10.1. The molecular weight excluding hydrogens is 356 g/mol. The normalized spacial score (nSPS) is 10.9. The topological polar surface area (TPSA) is 106 Å². The van der Waals surface area contributed by atoms with Gasteiger partial charge >= 0.3 is 0 Å². The highest BCUT2D eigenvalue weighted by atomic mass is 16.5. The van der Waals surface area contributed by atoms with E-state index in [1.54, 1.807) is 41.1 Å². The van der Waals surface area contributed by atoms with E-state index < -0.39 is 0 Å². The third kappa shape index (κ3) is 3.67. The zero-order valence-corrected chi connectivity index (χ0v) is 15.3. The molecule has 0 amide bonds. The zero-order valence-electron chi connectivity index (χ0n) is 15.3. The highest BCUT2D eigenvalue weighted by molar-refractivity contribution is 5.75. The van der Waals surface area contributed by atoms with Gasteiger partial charge in [0, 0.05) is 19.5 Å². The van der Waals surface area contributed by atoms with Crippen LogP contribution in [0.25, 0.3) is 11.0 Å². The third-order valence-corrected chi connectivity index (χ3v) is 4.25.